The van der Waals surface area contributed by atoms with Gasteiger partial charge in [0.05, 0.1) is 12.8 Å². The highest BCUT2D eigenvalue weighted by Crippen LogP contribution is 2.21. The van der Waals surface area contributed by atoms with Crippen LogP contribution in [-0.4, -0.2) is 18.0 Å². The number of rotatable bonds is 8. The minimum atomic E-state index is -0.456. The van der Waals surface area contributed by atoms with Gasteiger partial charge in [-0.1, -0.05) is 31.9 Å². The van der Waals surface area contributed by atoms with Crippen molar-refractivity contribution in [1.82, 2.24) is 0 Å². The van der Waals surface area contributed by atoms with E-state index in [-0.39, 0.29) is 24.9 Å². The predicted octanol–water partition coefficient (Wildman–Crippen LogP) is 4.46. The average molecular weight is 327 g/mol. The van der Waals surface area contributed by atoms with E-state index in [0.717, 1.165) is 24.8 Å². The molecule has 1 aromatic carbocycles. The van der Waals surface area contributed by atoms with E-state index in [0.29, 0.717) is 10.8 Å². The second kappa shape index (κ2) is 9.46. The summed E-state index contributed by atoms with van der Waals surface area (Å²) in [5.41, 5.74) is 0.830. The van der Waals surface area contributed by atoms with Crippen molar-refractivity contribution in [3.8, 4) is 5.75 Å². The van der Waals surface area contributed by atoms with Crippen LogP contribution in [0.25, 0.3) is 0 Å². The van der Waals surface area contributed by atoms with Gasteiger partial charge in [0.25, 0.3) is 0 Å². The van der Waals surface area contributed by atoms with E-state index in [1.165, 1.54) is 0 Å². The van der Waals surface area contributed by atoms with Gasteiger partial charge in [-0.3, -0.25) is 9.59 Å². The molecule has 0 aromatic heterocycles. The van der Waals surface area contributed by atoms with E-state index in [4.69, 9.17) is 21.1 Å². The summed E-state index contributed by atoms with van der Waals surface area (Å²) in [6, 6.07) is 4.98. The van der Waals surface area contributed by atoms with Crippen LogP contribution < -0.4 is 4.74 Å². The van der Waals surface area contributed by atoms with E-state index >= 15 is 0 Å². The molecule has 0 saturated heterocycles. The Morgan fingerprint density at radius 2 is 1.86 bits per heavy atom. The number of halogens is 1. The molecule has 0 bridgehead atoms. The van der Waals surface area contributed by atoms with Gasteiger partial charge in [0.2, 0.25) is 0 Å². The minimum absolute atomic E-state index is 0.00304. The van der Waals surface area contributed by atoms with Crippen LogP contribution in [-0.2, 0) is 14.3 Å². The van der Waals surface area contributed by atoms with Gasteiger partial charge >= 0.3 is 11.9 Å². The summed E-state index contributed by atoms with van der Waals surface area (Å²) < 4.78 is 10.5. The van der Waals surface area contributed by atoms with Crippen LogP contribution in [0.4, 0.5) is 0 Å². The summed E-state index contributed by atoms with van der Waals surface area (Å²) >= 11 is 5.91. The molecule has 0 aliphatic rings. The van der Waals surface area contributed by atoms with Gasteiger partial charge in [-0.2, -0.15) is 0 Å². The summed E-state index contributed by atoms with van der Waals surface area (Å²) in [7, 11) is 0. The quantitative estimate of drug-likeness (QED) is 0.523. The van der Waals surface area contributed by atoms with Gasteiger partial charge in [0.15, 0.2) is 0 Å². The first-order chi connectivity index (χ1) is 10.5. The fraction of sp³-hybridized carbons (Fsp3) is 0.529. The topological polar surface area (TPSA) is 52.6 Å². The lowest BCUT2D eigenvalue weighted by Gasteiger charge is -2.15. The Hall–Kier alpha value is -1.55. The fourth-order valence-corrected chi connectivity index (χ4v) is 2.10. The lowest BCUT2D eigenvalue weighted by Crippen LogP contribution is -2.19. The molecule has 0 aliphatic heterocycles. The number of hydrogen-bond acceptors (Lipinski definition) is 4. The summed E-state index contributed by atoms with van der Waals surface area (Å²) in [5, 5.41) is 0.616. The van der Waals surface area contributed by atoms with Gasteiger partial charge < -0.3 is 9.47 Å². The summed E-state index contributed by atoms with van der Waals surface area (Å²) in [4.78, 5) is 23.4. The third kappa shape index (κ3) is 6.48. The third-order valence-corrected chi connectivity index (χ3v) is 3.68. The Bertz CT molecular complexity index is 513. The normalized spacial score (nSPS) is 11.8. The van der Waals surface area contributed by atoms with Gasteiger partial charge in [-0.25, -0.2) is 0 Å². The molecule has 1 rings (SSSR count). The molecule has 0 aliphatic carbocycles. The van der Waals surface area contributed by atoms with Crippen LogP contribution in [0.5, 0.6) is 5.75 Å². The molecule has 0 saturated carbocycles. The first-order valence-electron chi connectivity index (χ1n) is 7.62. The highest BCUT2D eigenvalue weighted by atomic mass is 35.5. The maximum Gasteiger partial charge on any atom is 0.311 e. The SMILES string of the molecule is CCCC(CC)OC(=O)CCC(=O)Oc1ccc(Cl)c(C)c1. The van der Waals surface area contributed by atoms with E-state index in [2.05, 4.69) is 0 Å². The van der Waals surface area contributed by atoms with Crippen molar-refractivity contribution < 1.29 is 19.1 Å². The van der Waals surface area contributed by atoms with Crippen molar-refractivity contribution >= 4 is 23.5 Å². The molecule has 0 heterocycles. The summed E-state index contributed by atoms with van der Waals surface area (Å²) in [6.45, 7) is 5.85. The molecule has 5 heteroatoms. The zero-order valence-corrected chi connectivity index (χ0v) is 14.1. The van der Waals surface area contributed by atoms with Crippen LogP contribution in [0, 0.1) is 6.92 Å². The third-order valence-electron chi connectivity index (χ3n) is 3.26. The van der Waals surface area contributed by atoms with Crippen LogP contribution >= 0.6 is 11.6 Å². The number of hydrogen-bond donors (Lipinski definition) is 0. The molecule has 0 radical (unpaired) electrons. The minimum Gasteiger partial charge on any atom is -0.462 e. The van der Waals surface area contributed by atoms with Crippen LogP contribution in [0.2, 0.25) is 5.02 Å². The van der Waals surface area contributed by atoms with Crippen LogP contribution in [0.3, 0.4) is 0 Å². The number of esters is 2. The monoisotopic (exact) mass is 326 g/mol. The second-order valence-corrected chi connectivity index (χ2v) is 5.60. The zero-order valence-electron chi connectivity index (χ0n) is 13.4. The number of aryl methyl sites for hydroxylation is 1. The highest BCUT2D eigenvalue weighted by molar-refractivity contribution is 6.31. The maximum atomic E-state index is 11.7. The summed E-state index contributed by atoms with van der Waals surface area (Å²) in [5.74, 6) is -0.385. The number of benzene rings is 1. The fourth-order valence-electron chi connectivity index (χ4n) is 1.98. The van der Waals surface area contributed by atoms with Crippen molar-refractivity contribution in [3.05, 3.63) is 28.8 Å². The Labute approximate surface area is 136 Å². The molecule has 0 amide bonds. The Morgan fingerprint density at radius 3 is 2.45 bits per heavy atom. The van der Waals surface area contributed by atoms with E-state index in [9.17, 15) is 9.59 Å². The standard InChI is InChI=1S/C17H23ClO4/c1-4-6-13(5-2)21-16(19)9-10-17(20)22-14-7-8-15(18)12(3)11-14/h7-8,11,13H,4-6,9-10H2,1-3H3. The molecule has 0 fully saturated rings. The second-order valence-electron chi connectivity index (χ2n) is 5.19. The molecule has 4 nitrogen and oxygen atoms in total. The first-order valence-corrected chi connectivity index (χ1v) is 8.00. The van der Waals surface area contributed by atoms with Crippen LogP contribution in [0.15, 0.2) is 18.2 Å². The molecular formula is C17H23ClO4. The lowest BCUT2D eigenvalue weighted by molar-refractivity contribution is -0.152. The Balaban J connectivity index is 2.39. The van der Waals surface area contributed by atoms with Gasteiger partial charge in [0.1, 0.15) is 11.9 Å². The smallest absolute Gasteiger partial charge is 0.311 e. The molecule has 122 valence electrons. The predicted molar refractivity (Wildman–Crippen MR) is 86.1 cm³/mol. The Kier molecular flexibility index (Phi) is 7.96. The van der Waals surface area contributed by atoms with E-state index in [1.54, 1.807) is 18.2 Å². The summed E-state index contributed by atoms with van der Waals surface area (Å²) in [6.07, 6.45) is 2.57. The Morgan fingerprint density at radius 1 is 1.18 bits per heavy atom. The van der Waals surface area contributed by atoms with Crippen molar-refractivity contribution in [2.75, 3.05) is 0 Å². The largest absolute Gasteiger partial charge is 0.462 e. The lowest BCUT2D eigenvalue weighted by atomic mass is 10.1. The molecular weight excluding hydrogens is 304 g/mol. The van der Waals surface area contributed by atoms with Gasteiger partial charge in [-0.15, -0.1) is 0 Å². The van der Waals surface area contributed by atoms with Crippen molar-refractivity contribution in [1.29, 1.82) is 0 Å². The number of ether oxygens (including phenoxy) is 2. The molecule has 22 heavy (non-hydrogen) atoms. The molecule has 1 atom stereocenters. The van der Waals surface area contributed by atoms with Crippen LogP contribution in [0.1, 0.15) is 51.5 Å². The van der Waals surface area contributed by atoms with Crippen molar-refractivity contribution in [2.24, 2.45) is 0 Å². The van der Waals surface area contributed by atoms with Crippen molar-refractivity contribution in [3.63, 3.8) is 0 Å². The molecule has 1 unspecified atom stereocenters. The van der Waals surface area contributed by atoms with Gasteiger partial charge in [-0.05, 0) is 43.5 Å². The van der Waals surface area contributed by atoms with E-state index < -0.39 is 5.97 Å². The van der Waals surface area contributed by atoms with Crippen molar-refractivity contribution in [2.45, 2.75) is 59.0 Å². The maximum absolute atomic E-state index is 11.7. The molecule has 1 aromatic rings. The first kappa shape index (κ1) is 18.5. The number of carbonyl (C=O) groups is 2. The average Bonchev–Trinajstić information content (AvgIpc) is 2.48. The zero-order chi connectivity index (χ0) is 16.5. The highest BCUT2D eigenvalue weighted by Gasteiger charge is 2.14. The van der Waals surface area contributed by atoms with Gasteiger partial charge in [0, 0.05) is 5.02 Å². The molecule has 0 N–H and O–H groups in total. The van der Waals surface area contributed by atoms with E-state index in [1.807, 2.05) is 20.8 Å². The number of carbonyl (C=O) groups excluding carboxylic acids is 2. The molecule has 0 spiro atoms.